The molecule has 3 aromatic heterocycles. The number of aryl methyl sites for hydroxylation is 1. The van der Waals surface area contributed by atoms with Gasteiger partial charge in [0.1, 0.15) is 5.82 Å². The zero-order valence-corrected chi connectivity index (χ0v) is 12.3. The second kappa shape index (κ2) is 5.53. The van der Waals surface area contributed by atoms with Gasteiger partial charge in [0, 0.05) is 11.6 Å². The van der Waals surface area contributed by atoms with E-state index in [0.29, 0.717) is 17.2 Å². The highest BCUT2D eigenvalue weighted by Crippen LogP contribution is 2.20. The number of aromatic amines is 1. The molecule has 3 rings (SSSR count). The Morgan fingerprint density at radius 3 is 3.00 bits per heavy atom. The highest BCUT2D eigenvalue weighted by Gasteiger charge is 2.13. The lowest BCUT2D eigenvalue weighted by molar-refractivity contribution is -0.385. The molecule has 0 saturated carbocycles. The summed E-state index contributed by atoms with van der Waals surface area (Å²) in [6, 6.07) is 5.04. The van der Waals surface area contributed by atoms with Crippen molar-refractivity contribution in [3.05, 3.63) is 61.6 Å². The van der Waals surface area contributed by atoms with Crippen LogP contribution >= 0.6 is 11.3 Å². The number of H-pyrrole nitrogens is 1. The Labute approximate surface area is 128 Å². The van der Waals surface area contributed by atoms with Crippen molar-refractivity contribution in [3.8, 4) is 10.7 Å². The Morgan fingerprint density at radius 1 is 1.50 bits per heavy atom. The minimum Gasteiger partial charge on any atom is -0.301 e. The van der Waals surface area contributed by atoms with Crippen molar-refractivity contribution in [3.63, 3.8) is 0 Å². The van der Waals surface area contributed by atoms with Crippen LogP contribution in [-0.2, 0) is 6.54 Å². The maximum Gasteiger partial charge on any atom is 0.286 e. The Bertz CT molecular complexity index is 881. The molecule has 3 aromatic rings. The van der Waals surface area contributed by atoms with Gasteiger partial charge in [-0.1, -0.05) is 6.07 Å². The molecule has 0 aliphatic carbocycles. The van der Waals surface area contributed by atoms with Crippen LogP contribution in [0.25, 0.3) is 10.7 Å². The van der Waals surface area contributed by atoms with E-state index in [9.17, 15) is 14.9 Å². The predicted molar refractivity (Wildman–Crippen MR) is 80.9 cm³/mol. The van der Waals surface area contributed by atoms with Crippen LogP contribution in [-0.4, -0.2) is 24.7 Å². The summed E-state index contributed by atoms with van der Waals surface area (Å²) >= 11 is 1.50. The average Bonchev–Trinajstić information content (AvgIpc) is 3.14. The smallest absolute Gasteiger partial charge is 0.286 e. The van der Waals surface area contributed by atoms with Gasteiger partial charge in [0.2, 0.25) is 0 Å². The molecule has 0 spiro atoms. The van der Waals surface area contributed by atoms with Crippen LogP contribution < -0.4 is 5.56 Å². The van der Waals surface area contributed by atoms with E-state index in [2.05, 4.69) is 15.2 Å². The molecule has 0 aliphatic heterocycles. The number of aromatic nitrogens is 4. The van der Waals surface area contributed by atoms with Crippen molar-refractivity contribution < 1.29 is 4.92 Å². The molecule has 112 valence electrons. The number of nitrogens with one attached hydrogen (secondary N) is 1. The minimum atomic E-state index is -0.527. The largest absolute Gasteiger partial charge is 0.301 e. The van der Waals surface area contributed by atoms with Gasteiger partial charge < -0.3 is 4.57 Å². The fourth-order valence-corrected chi connectivity index (χ4v) is 2.68. The third-order valence-corrected chi connectivity index (χ3v) is 3.92. The first-order valence-electron chi connectivity index (χ1n) is 6.35. The molecule has 0 amide bonds. The molecule has 0 bridgehead atoms. The first-order valence-corrected chi connectivity index (χ1v) is 7.23. The average molecular weight is 317 g/mol. The van der Waals surface area contributed by atoms with E-state index in [0.717, 1.165) is 4.88 Å². The number of hydrogen-bond acceptors (Lipinski definition) is 6. The van der Waals surface area contributed by atoms with Crippen LogP contribution in [0.1, 0.15) is 11.4 Å². The van der Waals surface area contributed by atoms with Crippen LogP contribution in [0.3, 0.4) is 0 Å². The van der Waals surface area contributed by atoms with Crippen LogP contribution in [0, 0.1) is 17.0 Å². The van der Waals surface area contributed by atoms with Gasteiger partial charge in [-0.15, -0.1) is 11.3 Å². The molecule has 22 heavy (non-hydrogen) atoms. The first-order chi connectivity index (χ1) is 10.5. The van der Waals surface area contributed by atoms with Gasteiger partial charge in [0.25, 0.3) is 11.2 Å². The fraction of sp³-hybridized carbons (Fsp3) is 0.154. The van der Waals surface area contributed by atoms with E-state index in [1.54, 1.807) is 6.92 Å². The van der Waals surface area contributed by atoms with Crippen LogP contribution in [0.2, 0.25) is 0 Å². The molecule has 0 radical (unpaired) electrons. The molecule has 0 unspecified atom stereocenters. The van der Waals surface area contributed by atoms with E-state index in [4.69, 9.17) is 0 Å². The summed E-state index contributed by atoms with van der Waals surface area (Å²) in [4.78, 5) is 27.6. The quantitative estimate of drug-likeness (QED) is 0.584. The van der Waals surface area contributed by atoms with E-state index in [1.165, 1.54) is 28.2 Å². The van der Waals surface area contributed by atoms with Crippen LogP contribution in [0.4, 0.5) is 5.69 Å². The molecule has 0 fully saturated rings. The number of pyridine rings is 1. The van der Waals surface area contributed by atoms with Crippen molar-refractivity contribution in [1.29, 1.82) is 0 Å². The number of nitro groups is 1. The SMILES string of the molecule is Cc1cc([N+](=O)[O-])cn(Cc2nc(-c3cccs3)n[nH]2)c1=O. The highest BCUT2D eigenvalue weighted by atomic mass is 32.1. The molecule has 8 nitrogen and oxygen atoms in total. The van der Waals surface area contributed by atoms with E-state index in [-0.39, 0.29) is 17.8 Å². The zero-order valence-electron chi connectivity index (χ0n) is 11.5. The van der Waals surface area contributed by atoms with E-state index < -0.39 is 4.92 Å². The van der Waals surface area contributed by atoms with Crippen molar-refractivity contribution in [2.75, 3.05) is 0 Å². The molecular weight excluding hydrogens is 306 g/mol. The molecule has 9 heteroatoms. The lowest BCUT2D eigenvalue weighted by Crippen LogP contribution is -2.23. The zero-order chi connectivity index (χ0) is 15.7. The number of nitrogens with zero attached hydrogens (tertiary/aromatic N) is 4. The van der Waals surface area contributed by atoms with E-state index in [1.807, 2.05) is 17.5 Å². The molecule has 1 N–H and O–H groups in total. The maximum absolute atomic E-state index is 12.1. The summed E-state index contributed by atoms with van der Waals surface area (Å²) in [5.41, 5.74) is -0.109. The Balaban J connectivity index is 1.93. The number of thiophene rings is 1. The molecule has 0 aliphatic rings. The Kier molecular flexibility index (Phi) is 3.55. The van der Waals surface area contributed by atoms with Gasteiger partial charge in [-0.3, -0.25) is 20.0 Å². The lowest BCUT2D eigenvalue weighted by Gasteiger charge is -2.04. The van der Waals surface area contributed by atoms with Crippen molar-refractivity contribution in [1.82, 2.24) is 19.7 Å². The van der Waals surface area contributed by atoms with Gasteiger partial charge in [0.15, 0.2) is 5.82 Å². The highest BCUT2D eigenvalue weighted by molar-refractivity contribution is 7.13. The summed E-state index contributed by atoms with van der Waals surface area (Å²) in [5, 5.41) is 19.6. The Morgan fingerprint density at radius 2 is 2.32 bits per heavy atom. The van der Waals surface area contributed by atoms with Crippen molar-refractivity contribution in [2.24, 2.45) is 0 Å². The van der Waals surface area contributed by atoms with Gasteiger partial charge in [0.05, 0.1) is 22.5 Å². The third-order valence-electron chi connectivity index (χ3n) is 3.05. The summed E-state index contributed by atoms with van der Waals surface area (Å²) in [5.74, 6) is 1.01. The Hall–Kier alpha value is -2.81. The molecule has 3 heterocycles. The maximum atomic E-state index is 12.1. The topological polar surface area (TPSA) is 107 Å². The summed E-state index contributed by atoms with van der Waals surface area (Å²) in [6.45, 7) is 1.64. The van der Waals surface area contributed by atoms with Crippen molar-refractivity contribution >= 4 is 17.0 Å². The van der Waals surface area contributed by atoms with Gasteiger partial charge in [-0.05, 0) is 18.4 Å². The lowest BCUT2D eigenvalue weighted by atomic mass is 10.3. The predicted octanol–water partition coefficient (Wildman–Crippen LogP) is 1.96. The molecule has 0 saturated heterocycles. The van der Waals surface area contributed by atoms with Crippen LogP contribution in [0.5, 0.6) is 0 Å². The molecular formula is C13H11N5O3S. The molecule has 0 atom stereocenters. The number of rotatable bonds is 4. The first kappa shape index (κ1) is 14.1. The normalized spacial score (nSPS) is 10.8. The summed E-state index contributed by atoms with van der Waals surface area (Å²) in [7, 11) is 0. The second-order valence-electron chi connectivity index (χ2n) is 4.65. The standard InChI is InChI=1S/C13H11N5O3S/c1-8-5-9(18(20)21)6-17(13(8)19)7-11-14-12(16-15-11)10-3-2-4-22-10/h2-6H,7H2,1H3,(H,14,15,16). The number of hydrogen-bond donors (Lipinski definition) is 1. The summed E-state index contributed by atoms with van der Waals surface area (Å²) in [6.07, 6.45) is 1.21. The fourth-order valence-electron chi connectivity index (χ4n) is 2.03. The molecule has 0 aromatic carbocycles. The monoisotopic (exact) mass is 317 g/mol. The summed E-state index contributed by atoms with van der Waals surface area (Å²) < 4.78 is 1.26. The van der Waals surface area contributed by atoms with Gasteiger partial charge in [-0.2, -0.15) is 5.10 Å². The minimum absolute atomic E-state index is 0.0970. The van der Waals surface area contributed by atoms with Crippen molar-refractivity contribution in [2.45, 2.75) is 13.5 Å². The van der Waals surface area contributed by atoms with Gasteiger partial charge in [-0.25, -0.2) is 4.98 Å². The van der Waals surface area contributed by atoms with E-state index >= 15 is 0 Å². The van der Waals surface area contributed by atoms with Gasteiger partial charge >= 0.3 is 0 Å². The van der Waals surface area contributed by atoms with Crippen LogP contribution in [0.15, 0.2) is 34.6 Å². The third kappa shape index (κ3) is 2.66. The second-order valence-corrected chi connectivity index (χ2v) is 5.60.